The number of methoxy groups -OCH3 is 2. The predicted octanol–water partition coefficient (Wildman–Crippen LogP) is 2.31. The first kappa shape index (κ1) is 14.4. The van der Waals surface area contributed by atoms with Gasteiger partial charge in [0.15, 0.2) is 11.5 Å². The van der Waals surface area contributed by atoms with Gasteiger partial charge in [-0.15, -0.1) is 0 Å². The molecular weight excluding hydrogens is 264 g/mol. The van der Waals surface area contributed by atoms with Gasteiger partial charge in [0, 0.05) is 23.7 Å². The Morgan fingerprint density at radius 3 is 2.47 bits per heavy atom. The van der Waals surface area contributed by atoms with Crippen molar-refractivity contribution in [3.05, 3.63) is 22.7 Å². The number of halogens is 1. The Hall–Kier alpha value is -0.970. The molecule has 1 aromatic rings. The van der Waals surface area contributed by atoms with Crippen molar-refractivity contribution in [2.45, 2.75) is 12.5 Å². The highest BCUT2D eigenvalue weighted by Gasteiger charge is 2.31. The smallest absolute Gasteiger partial charge is 0.162 e. The van der Waals surface area contributed by atoms with Crippen molar-refractivity contribution in [2.75, 3.05) is 34.4 Å². The number of nitrogens with two attached hydrogens (primary N) is 1. The van der Waals surface area contributed by atoms with Gasteiger partial charge in [-0.25, -0.2) is 0 Å². The van der Waals surface area contributed by atoms with Crippen LogP contribution in [0.1, 0.15) is 18.0 Å². The van der Waals surface area contributed by atoms with Gasteiger partial charge in [0.2, 0.25) is 0 Å². The number of nitrogens with zero attached hydrogens (tertiary/aromatic N) is 1. The van der Waals surface area contributed by atoms with Crippen LogP contribution in [0, 0.1) is 5.92 Å². The molecule has 5 heteroatoms. The first-order chi connectivity index (χ1) is 9.10. The molecule has 1 aliphatic rings. The molecule has 4 nitrogen and oxygen atoms in total. The molecule has 19 heavy (non-hydrogen) atoms. The predicted molar refractivity (Wildman–Crippen MR) is 77.1 cm³/mol. The van der Waals surface area contributed by atoms with E-state index in [0.29, 0.717) is 35.0 Å². The Balaban J connectivity index is 2.34. The standard InChI is InChI=1S/C14H21ClN2O2/c1-17-8-9(7-16)4-12(17)10-5-13(18-2)14(19-3)6-11(10)15/h5-6,9,12H,4,7-8,16H2,1-3H3. The average Bonchev–Trinajstić information content (AvgIpc) is 2.79. The second kappa shape index (κ2) is 5.99. The minimum absolute atomic E-state index is 0.292. The first-order valence-electron chi connectivity index (χ1n) is 6.42. The Labute approximate surface area is 119 Å². The number of benzene rings is 1. The molecule has 0 saturated carbocycles. The average molecular weight is 285 g/mol. The molecule has 2 atom stereocenters. The van der Waals surface area contributed by atoms with E-state index in [9.17, 15) is 0 Å². The van der Waals surface area contributed by atoms with Gasteiger partial charge in [-0.1, -0.05) is 11.6 Å². The van der Waals surface area contributed by atoms with Gasteiger partial charge < -0.3 is 15.2 Å². The van der Waals surface area contributed by atoms with Gasteiger partial charge in [-0.05, 0) is 37.6 Å². The minimum atomic E-state index is 0.292. The van der Waals surface area contributed by atoms with E-state index in [1.807, 2.05) is 12.1 Å². The summed E-state index contributed by atoms with van der Waals surface area (Å²) in [5.41, 5.74) is 6.85. The minimum Gasteiger partial charge on any atom is -0.493 e. The summed E-state index contributed by atoms with van der Waals surface area (Å²) in [6.07, 6.45) is 1.03. The summed E-state index contributed by atoms with van der Waals surface area (Å²) in [6, 6.07) is 4.08. The summed E-state index contributed by atoms with van der Waals surface area (Å²) in [4.78, 5) is 2.30. The molecule has 0 amide bonds. The highest BCUT2D eigenvalue weighted by molar-refractivity contribution is 6.31. The SMILES string of the molecule is COc1cc(Cl)c(C2CC(CN)CN2C)cc1OC. The van der Waals surface area contributed by atoms with Crippen LogP contribution in [0.15, 0.2) is 12.1 Å². The van der Waals surface area contributed by atoms with Gasteiger partial charge in [0.1, 0.15) is 0 Å². The van der Waals surface area contributed by atoms with Crippen molar-refractivity contribution in [2.24, 2.45) is 11.7 Å². The lowest BCUT2D eigenvalue weighted by molar-refractivity contribution is 0.311. The molecule has 2 N–H and O–H groups in total. The molecule has 1 aromatic carbocycles. The maximum absolute atomic E-state index is 6.38. The number of rotatable bonds is 4. The maximum atomic E-state index is 6.38. The van der Waals surface area contributed by atoms with E-state index in [-0.39, 0.29) is 0 Å². The quantitative estimate of drug-likeness (QED) is 0.922. The molecule has 1 fully saturated rings. The van der Waals surface area contributed by atoms with Gasteiger partial charge >= 0.3 is 0 Å². The van der Waals surface area contributed by atoms with Gasteiger partial charge in [0.05, 0.1) is 14.2 Å². The summed E-state index contributed by atoms with van der Waals surface area (Å²) < 4.78 is 10.6. The lowest BCUT2D eigenvalue weighted by Gasteiger charge is -2.22. The molecule has 0 radical (unpaired) electrons. The van der Waals surface area contributed by atoms with Crippen molar-refractivity contribution in [3.8, 4) is 11.5 Å². The first-order valence-corrected chi connectivity index (χ1v) is 6.80. The van der Waals surface area contributed by atoms with Crippen LogP contribution in [0.2, 0.25) is 5.02 Å². The van der Waals surface area contributed by atoms with Crippen LogP contribution in [-0.2, 0) is 0 Å². The highest BCUT2D eigenvalue weighted by Crippen LogP contribution is 2.41. The zero-order chi connectivity index (χ0) is 14.0. The molecule has 2 rings (SSSR count). The number of ether oxygens (including phenoxy) is 2. The van der Waals surface area contributed by atoms with E-state index in [0.717, 1.165) is 18.5 Å². The van der Waals surface area contributed by atoms with Gasteiger partial charge in [-0.2, -0.15) is 0 Å². The van der Waals surface area contributed by atoms with Crippen molar-refractivity contribution in [3.63, 3.8) is 0 Å². The van der Waals surface area contributed by atoms with E-state index < -0.39 is 0 Å². The molecule has 0 aliphatic carbocycles. The van der Waals surface area contributed by atoms with Crippen LogP contribution in [0.25, 0.3) is 0 Å². The Kier molecular flexibility index (Phi) is 4.55. The van der Waals surface area contributed by atoms with Crippen LogP contribution in [0.4, 0.5) is 0 Å². The van der Waals surface area contributed by atoms with Gasteiger partial charge in [-0.3, -0.25) is 4.90 Å². The summed E-state index contributed by atoms with van der Waals surface area (Å²) in [5, 5.41) is 0.715. The van der Waals surface area contributed by atoms with E-state index in [2.05, 4.69) is 11.9 Å². The fourth-order valence-electron chi connectivity index (χ4n) is 2.77. The van der Waals surface area contributed by atoms with E-state index in [4.69, 9.17) is 26.8 Å². The number of likely N-dealkylation sites (tertiary alicyclic amines) is 1. The molecule has 1 heterocycles. The van der Waals surface area contributed by atoms with Crippen LogP contribution in [-0.4, -0.2) is 39.3 Å². The van der Waals surface area contributed by atoms with Crippen LogP contribution < -0.4 is 15.2 Å². The molecule has 0 aromatic heterocycles. The third kappa shape index (κ3) is 2.81. The third-order valence-corrected chi connectivity index (χ3v) is 4.16. The van der Waals surface area contributed by atoms with Crippen molar-refractivity contribution in [1.29, 1.82) is 0 Å². The van der Waals surface area contributed by atoms with Gasteiger partial charge in [0.25, 0.3) is 0 Å². The lowest BCUT2D eigenvalue weighted by Crippen LogP contribution is -2.20. The summed E-state index contributed by atoms with van der Waals surface area (Å²) in [7, 11) is 5.35. The second-order valence-electron chi connectivity index (χ2n) is 5.02. The molecule has 0 spiro atoms. The molecule has 1 saturated heterocycles. The molecule has 0 bridgehead atoms. The molecule has 106 valence electrons. The normalized spacial score (nSPS) is 23.6. The van der Waals surface area contributed by atoms with Crippen LogP contribution in [0.3, 0.4) is 0 Å². The van der Waals surface area contributed by atoms with Crippen LogP contribution >= 0.6 is 11.6 Å². The van der Waals surface area contributed by atoms with Crippen LogP contribution in [0.5, 0.6) is 11.5 Å². The lowest BCUT2D eigenvalue weighted by atomic mass is 9.99. The Morgan fingerprint density at radius 2 is 1.95 bits per heavy atom. The monoisotopic (exact) mass is 284 g/mol. The Morgan fingerprint density at radius 1 is 1.32 bits per heavy atom. The largest absolute Gasteiger partial charge is 0.493 e. The summed E-state index contributed by atoms with van der Waals surface area (Å²) in [5.74, 6) is 1.90. The zero-order valence-electron chi connectivity index (χ0n) is 11.6. The number of hydrogen-bond acceptors (Lipinski definition) is 4. The summed E-state index contributed by atoms with van der Waals surface area (Å²) in [6.45, 7) is 1.72. The van der Waals surface area contributed by atoms with Crippen molar-refractivity contribution >= 4 is 11.6 Å². The summed E-state index contributed by atoms with van der Waals surface area (Å²) >= 11 is 6.38. The zero-order valence-corrected chi connectivity index (χ0v) is 12.4. The number of hydrogen-bond donors (Lipinski definition) is 1. The molecular formula is C14H21ClN2O2. The fourth-order valence-corrected chi connectivity index (χ4v) is 3.04. The highest BCUT2D eigenvalue weighted by atomic mass is 35.5. The van der Waals surface area contributed by atoms with E-state index in [1.165, 1.54) is 0 Å². The molecule has 1 aliphatic heterocycles. The van der Waals surface area contributed by atoms with Crippen molar-refractivity contribution in [1.82, 2.24) is 4.90 Å². The Bertz CT molecular complexity index is 453. The third-order valence-electron chi connectivity index (χ3n) is 3.83. The second-order valence-corrected chi connectivity index (χ2v) is 5.43. The van der Waals surface area contributed by atoms with Crippen molar-refractivity contribution < 1.29 is 9.47 Å². The fraction of sp³-hybridized carbons (Fsp3) is 0.571. The molecule has 2 unspecified atom stereocenters. The maximum Gasteiger partial charge on any atom is 0.162 e. The topological polar surface area (TPSA) is 47.7 Å². The van der Waals surface area contributed by atoms with E-state index in [1.54, 1.807) is 14.2 Å². The van der Waals surface area contributed by atoms with E-state index >= 15 is 0 Å².